The Hall–Kier alpha value is -2.31. The first-order valence-corrected chi connectivity index (χ1v) is 7.82. The molecule has 0 amide bonds. The highest BCUT2D eigenvalue weighted by Crippen LogP contribution is 2.09. The zero-order valence-electron chi connectivity index (χ0n) is 14.6. The van der Waals surface area contributed by atoms with Crippen LogP contribution in [0.3, 0.4) is 0 Å². The molecule has 1 aromatic carbocycles. The predicted octanol–water partition coefficient (Wildman–Crippen LogP) is 2.58. The molecule has 1 unspecified atom stereocenters. The van der Waals surface area contributed by atoms with Crippen LogP contribution in [-0.4, -0.2) is 43.6 Å². The van der Waals surface area contributed by atoms with Gasteiger partial charge in [-0.3, -0.25) is 4.99 Å². The van der Waals surface area contributed by atoms with Gasteiger partial charge in [0.05, 0.1) is 0 Å². The Balaban J connectivity index is 0. The van der Waals surface area contributed by atoms with Gasteiger partial charge in [0.15, 0.2) is 0 Å². The standard InChI is InChI=1S/C16H22N2O2.CH5N.CH3N/c1-2-13(11-14-7-4-3-5-8-14)12-18-15(16(19)20)9-6-10-17;2*1-2/h3-5,7-8,11-12,15H,2,6,9-10,17H2,1H3,(H,19,20);2H2,1H3;2H,1H2/b13-11+,18-12?;;. The van der Waals surface area contributed by atoms with Crippen molar-refractivity contribution in [3.8, 4) is 0 Å². The fraction of sp³-hybridized carbons (Fsp3) is 0.389. The molecule has 0 saturated carbocycles. The minimum absolute atomic E-state index is 0.477. The Morgan fingerprint density at radius 2 is 1.92 bits per heavy atom. The van der Waals surface area contributed by atoms with Crippen molar-refractivity contribution in [1.29, 1.82) is 5.41 Å². The third-order valence-electron chi connectivity index (χ3n) is 2.95. The Morgan fingerprint density at radius 1 is 1.33 bits per heavy atom. The number of allylic oxidation sites excluding steroid dienone is 1. The molecule has 1 aromatic rings. The lowest BCUT2D eigenvalue weighted by Crippen LogP contribution is -2.19. The number of rotatable bonds is 8. The normalized spacial score (nSPS) is 11.8. The Kier molecular flexibility index (Phi) is 17.0. The minimum Gasteiger partial charge on any atom is -0.480 e. The van der Waals surface area contributed by atoms with E-state index in [-0.39, 0.29) is 0 Å². The van der Waals surface area contributed by atoms with Crippen LogP contribution in [0, 0.1) is 5.41 Å². The van der Waals surface area contributed by atoms with Gasteiger partial charge in [-0.15, -0.1) is 0 Å². The van der Waals surface area contributed by atoms with E-state index in [0.717, 1.165) is 17.6 Å². The number of nitrogens with one attached hydrogen (secondary N) is 1. The highest BCUT2D eigenvalue weighted by Gasteiger charge is 2.14. The summed E-state index contributed by atoms with van der Waals surface area (Å²) >= 11 is 0. The fourth-order valence-electron chi connectivity index (χ4n) is 1.75. The van der Waals surface area contributed by atoms with Crippen molar-refractivity contribution in [3.63, 3.8) is 0 Å². The summed E-state index contributed by atoms with van der Waals surface area (Å²) in [6, 6.07) is 9.21. The average Bonchev–Trinajstić information content (AvgIpc) is 2.64. The van der Waals surface area contributed by atoms with E-state index in [0.29, 0.717) is 19.4 Å². The third-order valence-corrected chi connectivity index (χ3v) is 2.95. The molecular weight excluding hydrogens is 304 g/mol. The molecule has 1 rings (SSSR count). The number of aliphatic imine (C=N–C) groups is 1. The average molecular weight is 334 g/mol. The van der Waals surface area contributed by atoms with Crippen LogP contribution in [0.25, 0.3) is 6.08 Å². The summed E-state index contributed by atoms with van der Waals surface area (Å²) in [6.45, 7) is 5.01. The molecule has 134 valence electrons. The molecule has 24 heavy (non-hydrogen) atoms. The molecule has 0 saturated heterocycles. The van der Waals surface area contributed by atoms with Crippen molar-refractivity contribution in [2.45, 2.75) is 32.2 Å². The molecular formula is C18H30N4O2. The van der Waals surface area contributed by atoms with E-state index in [1.54, 1.807) is 6.21 Å². The van der Waals surface area contributed by atoms with Crippen LogP contribution in [-0.2, 0) is 4.79 Å². The third kappa shape index (κ3) is 11.3. The fourth-order valence-corrected chi connectivity index (χ4v) is 1.75. The van der Waals surface area contributed by atoms with Crippen LogP contribution in [0.2, 0.25) is 0 Å². The topological polar surface area (TPSA) is 126 Å². The second kappa shape index (κ2) is 17.1. The Morgan fingerprint density at radius 3 is 2.38 bits per heavy atom. The van der Waals surface area contributed by atoms with Crippen LogP contribution < -0.4 is 11.5 Å². The maximum Gasteiger partial charge on any atom is 0.328 e. The van der Waals surface area contributed by atoms with Crippen LogP contribution in [0.4, 0.5) is 0 Å². The first-order valence-electron chi connectivity index (χ1n) is 7.82. The van der Waals surface area contributed by atoms with E-state index in [1.807, 2.05) is 43.3 Å². The molecule has 0 heterocycles. The summed E-state index contributed by atoms with van der Waals surface area (Å²) in [6.07, 6.45) is 5.64. The molecule has 0 radical (unpaired) electrons. The van der Waals surface area contributed by atoms with E-state index in [9.17, 15) is 4.79 Å². The van der Waals surface area contributed by atoms with Crippen molar-refractivity contribution in [2.75, 3.05) is 13.6 Å². The van der Waals surface area contributed by atoms with Gasteiger partial charge in [-0.05, 0) is 50.7 Å². The lowest BCUT2D eigenvalue weighted by molar-refractivity contribution is -0.138. The van der Waals surface area contributed by atoms with Gasteiger partial charge in [0.2, 0.25) is 0 Å². The number of benzene rings is 1. The van der Waals surface area contributed by atoms with E-state index in [4.69, 9.17) is 16.2 Å². The lowest BCUT2D eigenvalue weighted by atomic mass is 10.1. The SMILES string of the molecule is C=N.CC/C(C=NC(CCCN)C(=O)O)=C\c1ccccc1.CN. The molecule has 0 aliphatic heterocycles. The number of carboxylic acids is 1. The van der Waals surface area contributed by atoms with Gasteiger partial charge >= 0.3 is 5.97 Å². The van der Waals surface area contributed by atoms with E-state index in [2.05, 4.69) is 17.4 Å². The van der Waals surface area contributed by atoms with Crippen molar-refractivity contribution in [2.24, 2.45) is 16.5 Å². The van der Waals surface area contributed by atoms with Gasteiger partial charge in [0.25, 0.3) is 0 Å². The number of hydrogen-bond donors (Lipinski definition) is 4. The van der Waals surface area contributed by atoms with E-state index < -0.39 is 12.0 Å². The Bertz CT molecular complexity index is 487. The predicted molar refractivity (Wildman–Crippen MR) is 103 cm³/mol. The number of carboxylic acid groups (broad SMARTS) is 1. The van der Waals surface area contributed by atoms with Crippen molar-refractivity contribution in [1.82, 2.24) is 0 Å². The van der Waals surface area contributed by atoms with Gasteiger partial charge in [-0.1, -0.05) is 43.3 Å². The monoisotopic (exact) mass is 334 g/mol. The zero-order chi connectivity index (χ0) is 18.8. The number of carbonyl (C=O) groups is 1. The second-order valence-electron chi connectivity index (χ2n) is 4.55. The molecule has 0 spiro atoms. The van der Waals surface area contributed by atoms with Crippen molar-refractivity contribution < 1.29 is 9.90 Å². The smallest absolute Gasteiger partial charge is 0.328 e. The number of aliphatic carboxylic acids is 1. The molecule has 0 fully saturated rings. The van der Waals surface area contributed by atoms with Crippen LogP contribution >= 0.6 is 0 Å². The summed E-state index contributed by atoms with van der Waals surface area (Å²) in [5, 5.41) is 14.6. The number of hydrogen-bond acceptors (Lipinski definition) is 5. The quantitative estimate of drug-likeness (QED) is 0.545. The largest absolute Gasteiger partial charge is 0.480 e. The highest BCUT2D eigenvalue weighted by atomic mass is 16.4. The lowest BCUT2D eigenvalue weighted by Gasteiger charge is -2.06. The van der Waals surface area contributed by atoms with Crippen LogP contribution in [0.5, 0.6) is 0 Å². The number of nitrogens with two attached hydrogens (primary N) is 2. The summed E-state index contributed by atoms with van der Waals surface area (Å²) in [4.78, 5) is 15.3. The van der Waals surface area contributed by atoms with Crippen molar-refractivity contribution >= 4 is 25.0 Å². The first-order chi connectivity index (χ1) is 11.7. The molecule has 6 N–H and O–H groups in total. The molecule has 6 nitrogen and oxygen atoms in total. The summed E-state index contributed by atoms with van der Waals surface area (Å²) in [5.41, 5.74) is 12.0. The minimum atomic E-state index is -0.898. The maximum atomic E-state index is 11.1. The van der Waals surface area contributed by atoms with E-state index in [1.165, 1.54) is 7.05 Å². The molecule has 0 aliphatic carbocycles. The van der Waals surface area contributed by atoms with Gasteiger partial charge < -0.3 is 22.0 Å². The molecule has 0 aliphatic rings. The first kappa shape index (κ1) is 23.9. The van der Waals surface area contributed by atoms with Crippen LogP contribution in [0.15, 0.2) is 40.9 Å². The summed E-state index contributed by atoms with van der Waals surface area (Å²) < 4.78 is 0. The molecule has 0 aromatic heterocycles. The van der Waals surface area contributed by atoms with Gasteiger partial charge in [-0.2, -0.15) is 0 Å². The van der Waals surface area contributed by atoms with Crippen LogP contribution in [0.1, 0.15) is 31.7 Å². The maximum absolute atomic E-state index is 11.1. The van der Waals surface area contributed by atoms with Gasteiger partial charge in [0, 0.05) is 6.21 Å². The Labute approximate surface area is 144 Å². The molecule has 6 heteroatoms. The van der Waals surface area contributed by atoms with E-state index >= 15 is 0 Å². The zero-order valence-corrected chi connectivity index (χ0v) is 14.6. The van der Waals surface area contributed by atoms with Gasteiger partial charge in [0.1, 0.15) is 6.04 Å². The summed E-state index contributed by atoms with van der Waals surface area (Å²) in [5.74, 6) is -0.898. The van der Waals surface area contributed by atoms with Crippen molar-refractivity contribution in [3.05, 3.63) is 41.5 Å². The summed E-state index contributed by atoms with van der Waals surface area (Å²) in [7, 11) is 1.50. The van der Waals surface area contributed by atoms with Gasteiger partial charge in [-0.25, -0.2) is 4.79 Å². The highest BCUT2D eigenvalue weighted by molar-refractivity contribution is 5.87. The second-order valence-corrected chi connectivity index (χ2v) is 4.55. The molecule has 1 atom stereocenters. The number of nitrogens with zero attached hydrogens (tertiary/aromatic N) is 1. The molecule has 0 bridgehead atoms.